The summed E-state index contributed by atoms with van der Waals surface area (Å²) < 4.78 is 40.2. The summed E-state index contributed by atoms with van der Waals surface area (Å²) in [4.78, 5) is 8.39. The molecule has 0 saturated carbocycles. The van der Waals surface area contributed by atoms with Crippen molar-refractivity contribution in [2.75, 3.05) is 31.1 Å². The Labute approximate surface area is 170 Å². The highest BCUT2D eigenvalue weighted by molar-refractivity contribution is 14.1. The summed E-state index contributed by atoms with van der Waals surface area (Å²) in [5.74, 6) is -0.662. The second kappa shape index (κ2) is 8.23. The lowest BCUT2D eigenvalue weighted by Crippen LogP contribution is -2.11. The molecule has 0 aliphatic rings. The van der Waals surface area contributed by atoms with Gasteiger partial charge in [0, 0.05) is 18.0 Å². The topological polar surface area (TPSA) is 62.1 Å². The van der Waals surface area contributed by atoms with Crippen molar-refractivity contribution in [1.82, 2.24) is 19.7 Å². The molecule has 27 heavy (non-hydrogen) atoms. The molecule has 6 nitrogen and oxygen atoms in total. The van der Waals surface area contributed by atoms with Crippen LogP contribution < -0.4 is 4.74 Å². The summed E-state index contributed by atoms with van der Waals surface area (Å²) in [7, 11) is -0.628. The number of nitrogens with zero attached hydrogens (tertiary/aromatic N) is 4. The number of benzene rings is 1. The van der Waals surface area contributed by atoms with E-state index in [2.05, 4.69) is 56.4 Å². The van der Waals surface area contributed by atoms with E-state index in [4.69, 9.17) is 9.47 Å². The van der Waals surface area contributed by atoms with E-state index >= 15 is 0 Å². The summed E-state index contributed by atoms with van der Waals surface area (Å²) in [5, 5.41) is 5.15. The quantitative estimate of drug-likeness (QED) is 0.354. The van der Waals surface area contributed by atoms with Crippen LogP contribution in [0.3, 0.4) is 0 Å². The van der Waals surface area contributed by atoms with Gasteiger partial charge in [-0.25, -0.2) is 28.5 Å². The summed E-state index contributed by atoms with van der Waals surface area (Å²) in [6.45, 7) is 0.877. The Kier molecular flexibility index (Phi) is 6.16. The molecule has 2 aromatic heterocycles. The first kappa shape index (κ1) is 20.2. The number of hydrogen-bond donors (Lipinski definition) is 0. The minimum Gasteiger partial charge on any atom is -0.421 e. The van der Waals surface area contributed by atoms with Crippen molar-refractivity contribution in [2.24, 2.45) is 0 Å². The Bertz CT molecular complexity index is 962. The van der Waals surface area contributed by atoms with Gasteiger partial charge < -0.3 is 9.47 Å². The molecule has 0 N–H and O–H groups in total. The van der Waals surface area contributed by atoms with Gasteiger partial charge in [0.1, 0.15) is 16.2 Å². The van der Waals surface area contributed by atoms with E-state index in [1.54, 1.807) is 10.9 Å². The molecule has 0 aliphatic carbocycles. The molecule has 10 heteroatoms. The fraction of sp³-hybridized carbons (Fsp3) is 0.353. The van der Waals surface area contributed by atoms with Crippen LogP contribution in [-0.2, 0) is 11.5 Å². The summed E-state index contributed by atoms with van der Waals surface area (Å²) >= 11 is 2.09. The van der Waals surface area contributed by atoms with Gasteiger partial charge in [-0.3, -0.25) is 0 Å². The molecule has 0 aliphatic heterocycles. The fourth-order valence-electron chi connectivity index (χ4n) is 2.16. The SMILES string of the molecule is CS(C)(C)CCOCn1nc(I)c2cnc(Oc3ccc(F)cc3F)nc21. The van der Waals surface area contributed by atoms with Crippen LogP contribution in [0.1, 0.15) is 0 Å². The Hall–Kier alpha value is -1.53. The van der Waals surface area contributed by atoms with Crippen LogP contribution in [0.15, 0.2) is 24.4 Å². The van der Waals surface area contributed by atoms with Crippen molar-refractivity contribution in [3.05, 3.63) is 39.7 Å². The lowest BCUT2D eigenvalue weighted by Gasteiger charge is -2.24. The zero-order valence-corrected chi connectivity index (χ0v) is 18.1. The minimum atomic E-state index is -0.824. The normalized spacial score (nSPS) is 12.5. The molecule has 3 aromatic rings. The zero-order chi connectivity index (χ0) is 19.6. The number of fused-ring (bicyclic) bond motifs is 1. The highest BCUT2D eigenvalue weighted by Crippen LogP contribution is 2.33. The Morgan fingerprint density at radius 3 is 2.70 bits per heavy atom. The maximum atomic E-state index is 13.8. The molecular weight excluding hydrogens is 489 g/mol. The molecule has 0 saturated heterocycles. The number of hydrogen-bond acceptors (Lipinski definition) is 5. The van der Waals surface area contributed by atoms with Crippen molar-refractivity contribution in [3.63, 3.8) is 0 Å². The van der Waals surface area contributed by atoms with Gasteiger partial charge in [-0.05, 0) is 53.5 Å². The first-order valence-corrected chi connectivity index (χ1v) is 12.1. The van der Waals surface area contributed by atoms with Gasteiger partial charge >= 0.3 is 6.01 Å². The van der Waals surface area contributed by atoms with Gasteiger partial charge in [0.2, 0.25) is 0 Å². The van der Waals surface area contributed by atoms with Crippen molar-refractivity contribution in [2.45, 2.75) is 6.73 Å². The summed E-state index contributed by atoms with van der Waals surface area (Å²) in [6.07, 6.45) is 8.25. The van der Waals surface area contributed by atoms with E-state index in [0.29, 0.717) is 12.3 Å². The van der Waals surface area contributed by atoms with Crippen LogP contribution in [0, 0.1) is 15.3 Å². The van der Waals surface area contributed by atoms with Gasteiger partial charge in [0.25, 0.3) is 0 Å². The second-order valence-corrected chi connectivity index (χ2v) is 12.3. The molecule has 1 aromatic carbocycles. The van der Waals surface area contributed by atoms with Crippen LogP contribution in [-0.4, -0.2) is 50.9 Å². The molecule has 146 valence electrons. The fourth-order valence-corrected chi connectivity index (χ4v) is 3.42. The monoisotopic (exact) mass is 508 g/mol. The predicted octanol–water partition coefficient (Wildman–Crippen LogP) is 4.17. The van der Waals surface area contributed by atoms with E-state index in [1.165, 1.54) is 6.07 Å². The molecule has 3 rings (SSSR count). The van der Waals surface area contributed by atoms with E-state index in [0.717, 1.165) is 27.0 Å². The van der Waals surface area contributed by atoms with Crippen LogP contribution in [0.5, 0.6) is 11.8 Å². The van der Waals surface area contributed by atoms with Gasteiger partial charge in [-0.1, -0.05) is 0 Å². The van der Waals surface area contributed by atoms with Gasteiger partial charge in [0.05, 0.1) is 12.0 Å². The van der Waals surface area contributed by atoms with E-state index in [-0.39, 0.29) is 18.5 Å². The smallest absolute Gasteiger partial charge is 0.324 e. The predicted molar refractivity (Wildman–Crippen MR) is 111 cm³/mol. The summed E-state index contributed by atoms with van der Waals surface area (Å²) in [5.41, 5.74) is 0.523. The maximum Gasteiger partial charge on any atom is 0.324 e. The van der Waals surface area contributed by atoms with Crippen LogP contribution in [0.2, 0.25) is 0 Å². The molecule has 0 amide bonds. The first-order chi connectivity index (χ1) is 12.7. The zero-order valence-electron chi connectivity index (χ0n) is 15.1. The van der Waals surface area contributed by atoms with Gasteiger partial charge in [-0.15, -0.1) is 0 Å². The largest absolute Gasteiger partial charge is 0.421 e. The Morgan fingerprint density at radius 1 is 1.22 bits per heavy atom. The molecule has 0 spiro atoms. The van der Waals surface area contributed by atoms with Crippen molar-refractivity contribution < 1.29 is 18.3 Å². The third-order valence-electron chi connectivity index (χ3n) is 3.57. The number of rotatable bonds is 7. The van der Waals surface area contributed by atoms with Crippen molar-refractivity contribution >= 4 is 43.7 Å². The van der Waals surface area contributed by atoms with Crippen LogP contribution >= 0.6 is 32.6 Å². The van der Waals surface area contributed by atoms with Crippen LogP contribution in [0.4, 0.5) is 8.78 Å². The lowest BCUT2D eigenvalue weighted by atomic mass is 10.3. The molecule has 0 fully saturated rings. The number of ether oxygens (including phenoxy) is 2. The van der Waals surface area contributed by atoms with Gasteiger partial charge in [0.15, 0.2) is 17.2 Å². The molecule has 0 unspecified atom stereocenters. The van der Waals surface area contributed by atoms with E-state index < -0.39 is 21.7 Å². The van der Waals surface area contributed by atoms with Crippen molar-refractivity contribution in [3.8, 4) is 11.8 Å². The molecule has 0 bridgehead atoms. The van der Waals surface area contributed by atoms with E-state index in [9.17, 15) is 8.78 Å². The maximum absolute atomic E-state index is 13.8. The van der Waals surface area contributed by atoms with Crippen molar-refractivity contribution in [1.29, 1.82) is 0 Å². The summed E-state index contributed by atoms with van der Waals surface area (Å²) in [6, 6.07) is 2.99. The Balaban J connectivity index is 1.79. The highest BCUT2D eigenvalue weighted by Gasteiger charge is 2.14. The first-order valence-electron chi connectivity index (χ1n) is 7.99. The Morgan fingerprint density at radius 2 is 2.00 bits per heavy atom. The van der Waals surface area contributed by atoms with E-state index in [1.807, 2.05) is 0 Å². The van der Waals surface area contributed by atoms with Gasteiger partial charge in [-0.2, -0.15) is 10.1 Å². The number of halogens is 3. The molecular formula is C17H19F2IN4O2S. The molecule has 2 heterocycles. The molecule has 0 atom stereocenters. The standard InChI is InChI=1S/C17H19F2IN4O2S/c1-27(2,3)7-6-25-10-24-16-12(15(20)23-24)9-21-17(22-16)26-14-5-4-11(18)8-13(14)19/h4-5,8-9H,6-7,10H2,1-3H3. The average Bonchev–Trinajstić information content (AvgIpc) is 2.89. The van der Waals surface area contributed by atoms with Crippen LogP contribution in [0.25, 0.3) is 11.0 Å². The average molecular weight is 508 g/mol. The third kappa shape index (κ3) is 5.26. The number of aromatic nitrogens is 4. The second-order valence-electron chi connectivity index (χ2n) is 6.69. The minimum absolute atomic E-state index is 0.0512. The third-order valence-corrected chi connectivity index (χ3v) is 5.76. The highest BCUT2D eigenvalue weighted by atomic mass is 127. The molecule has 0 radical (unpaired) electrons. The lowest BCUT2D eigenvalue weighted by molar-refractivity contribution is 0.0833.